The number of H-pyrrole nitrogens is 1. The summed E-state index contributed by atoms with van der Waals surface area (Å²) in [4.78, 5) is 18.8. The van der Waals surface area contributed by atoms with Crippen LogP contribution >= 0.6 is 0 Å². The highest BCUT2D eigenvalue weighted by Gasteiger charge is 2.31. The summed E-state index contributed by atoms with van der Waals surface area (Å²) in [7, 11) is -3.70. The Hall–Kier alpha value is -2.55. The number of hydrogen-bond acceptors (Lipinski definition) is 4. The number of aromatic amines is 1. The third kappa shape index (κ3) is 4.15. The lowest BCUT2D eigenvalue weighted by Gasteiger charge is -2.27. The van der Waals surface area contributed by atoms with Crippen molar-refractivity contribution < 1.29 is 17.6 Å². The van der Waals surface area contributed by atoms with E-state index in [1.807, 2.05) is 43.0 Å². The van der Waals surface area contributed by atoms with Crippen LogP contribution < -0.4 is 0 Å². The minimum absolute atomic E-state index is 0.0322. The highest BCUT2D eigenvalue weighted by molar-refractivity contribution is 7.89. The second-order valence-electron chi connectivity index (χ2n) is 7.96. The molecule has 0 radical (unpaired) electrons. The number of aryl methyl sites for hydroxylation is 1. The predicted molar refractivity (Wildman–Crippen MR) is 118 cm³/mol. The Labute approximate surface area is 181 Å². The Morgan fingerprint density at radius 1 is 1.03 bits per heavy atom. The van der Waals surface area contributed by atoms with Gasteiger partial charge in [0.15, 0.2) is 5.78 Å². The molecule has 4 rings (SSSR count). The van der Waals surface area contributed by atoms with Gasteiger partial charge in [0.05, 0.1) is 10.9 Å². The first-order valence-electron chi connectivity index (χ1n) is 10.4. The molecule has 164 valence electrons. The van der Waals surface area contributed by atoms with Gasteiger partial charge in [0.2, 0.25) is 10.0 Å². The molecule has 0 amide bonds. The summed E-state index contributed by atoms with van der Waals surface area (Å²) in [6.07, 6.45) is 0.616. The lowest BCUT2D eigenvalue weighted by atomic mass is 10.0. The molecule has 1 aliphatic rings. The highest BCUT2D eigenvalue weighted by atomic mass is 32.2. The first kappa shape index (κ1) is 21.7. The van der Waals surface area contributed by atoms with Crippen LogP contribution in [0.1, 0.15) is 29.4 Å². The molecular formula is C23H26FN3O3S. The zero-order valence-electron chi connectivity index (χ0n) is 17.6. The van der Waals surface area contributed by atoms with E-state index in [2.05, 4.69) is 4.98 Å². The summed E-state index contributed by atoms with van der Waals surface area (Å²) in [5.74, 6) is -0.439. The monoisotopic (exact) mass is 443 g/mol. The fraction of sp³-hybridized carbons (Fsp3) is 0.348. The number of hydrogen-bond donors (Lipinski definition) is 1. The van der Waals surface area contributed by atoms with E-state index in [4.69, 9.17) is 0 Å². The van der Waals surface area contributed by atoms with Gasteiger partial charge in [-0.3, -0.25) is 9.69 Å². The van der Waals surface area contributed by atoms with Crippen molar-refractivity contribution in [2.45, 2.75) is 31.2 Å². The summed E-state index contributed by atoms with van der Waals surface area (Å²) in [5.41, 5.74) is 2.47. The van der Waals surface area contributed by atoms with Crippen molar-refractivity contribution >= 4 is 26.7 Å². The van der Waals surface area contributed by atoms with E-state index in [1.54, 1.807) is 0 Å². The fourth-order valence-electron chi connectivity index (χ4n) is 4.27. The lowest BCUT2D eigenvalue weighted by Crippen LogP contribution is -2.42. The standard InChI is InChI=1S/C23H26FN3O3S/c1-16-22(20-6-3-4-7-21(20)25-16)23(28)17(2)26-12-5-13-27(15-14-26)31(29,30)19-10-8-18(24)9-11-19/h3-4,6-11,17,25H,5,12-15H2,1-2H3. The summed E-state index contributed by atoms with van der Waals surface area (Å²) in [6, 6.07) is 12.3. The van der Waals surface area contributed by atoms with Gasteiger partial charge >= 0.3 is 0 Å². The summed E-state index contributed by atoms with van der Waals surface area (Å²) in [5, 5.41) is 0.909. The number of ketones is 1. The van der Waals surface area contributed by atoms with E-state index in [9.17, 15) is 17.6 Å². The molecule has 1 unspecified atom stereocenters. The van der Waals surface area contributed by atoms with Gasteiger partial charge in [-0.1, -0.05) is 18.2 Å². The molecule has 0 spiro atoms. The van der Waals surface area contributed by atoms with Gasteiger partial charge in [-0.05, 0) is 50.6 Å². The molecule has 1 aromatic heterocycles. The van der Waals surface area contributed by atoms with Crippen molar-refractivity contribution in [1.82, 2.24) is 14.2 Å². The van der Waals surface area contributed by atoms with Crippen molar-refractivity contribution in [3.05, 3.63) is 65.6 Å². The van der Waals surface area contributed by atoms with Crippen LogP contribution in [0.5, 0.6) is 0 Å². The van der Waals surface area contributed by atoms with Crippen LogP contribution in [0.15, 0.2) is 53.4 Å². The van der Waals surface area contributed by atoms with E-state index in [0.29, 0.717) is 31.6 Å². The quantitative estimate of drug-likeness (QED) is 0.612. The lowest BCUT2D eigenvalue weighted by molar-refractivity contribution is 0.0846. The van der Waals surface area contributed by atoms with Gasteiger partial charge in [0.1, 0.15) is 5.82 Å². The molecule has 1 atom stereocenters. The number of sulfonamides is 1. The summed E-state index contributed by atoms with van der Waals surface area (Å²) >= 11 is 0. The van der Waals surface area contributed by atoms with Crippen LogP contribution in [-0.2, 0) is 10.0 Å². The van der Waals surface area contributed by atoms with Crippen LogP contribution in [0.3, 0.4) is 0 Å². The number of benzene rings is 2. The Bertz CT molecular complexity index is 1200. The van der Waals surface area contributed by atoms with Crippen LogP contribution in [0.25, 0.3) is 10.9 Å². The molecular weight excluding hydrogens is 417 g/mol. The second kappa shape index (κ2) is 8.53. The first-order valence-corrected chi connectivity index (χ1v) is 11.8. The average Bonchev–Trinajstić information content (AvgIpc) is 2.91. The SMILES string of the molecule is Cc1[nH]c2ccccc2c1C(=O)C(C)N1CCCN(S(=O)(=O)c2ccc(F)cc2)CC1. The summed E-state index contributed by atoms with van der Waals surface area (Å²) in [6.45, 7) is 5.51. The maximum atomic E-state index is 13.4. The molecule has 2 aromatic carbocycles. The minimum atomic E-state index is -3.70. The van der Waals surface area contributed by atoms with Crippen molar-refractivity contribution in [2.24, 2.45) is 0 Å². The Morgan fingerprint density at radius 3 is 2.48 bits per heavy atom. The molecule has 31 heavy (non-hydrogen) atoms. The number of halogens is 1. The largest absolute Gasteiger partial charge is 0.358 e. The maximum Gasteiger partial charge on any atom is 0.243 e. The molecule has 2 heterocycles. The fourth-order valence-corrected chi connectivity index (χ4v) is 5.74. The third-order valence-corrected chi connectivity index (χ3v) is 7.92. The van der Waals surface area contributed by atoms with Crippen molar-refractivity contribution in [2.75, 3.05) is 26.2 Å². The van der Waals surface area contributed by atoms with E-state index >= 15 is 0 Å². The molecule has 1 N–H and O–H groups in total. The Balaban J connectivity index is 1.51. The predicted octanol–water partition coefficient (Wildman–Crippen LogP) is 3.58. The highest BCUT2D eigenvalue weighted by Crippen LogP contribution is 2.25. The molecule has 1 fully saturated rings. The molecule has 8 heteroatoms. The average molecular weight is 444 g/mol. The minimum Gasteiger partial charge on any atom is -0.358 e. The number of nitrogens with one attached hydrogen (secondary N) is 1. The van der Waals surface area contributed by atoms with Gasteiger partial charge < -0.3 is 4.98 Å². The molecule has 0 bridgehead atoms. The van der Waals surface area contributed by atoms with Crippen LogP contribution in [0.2, 0.25) is 0 Å². The van der Waals surface area contributed by atoms with E-state index in [0.717, 1.165) is 28.7 Å². The topological polar surface area (TPSA) is 73.5 Å². The van der Waals surface area contributed by atoms with Crippen molar-refractivity contribution in [1.29, 1.82) is 0 Å². The summed E-state index contributed by atoms with van der Waals surface area (Å²) < 4.78 is 40.5. The number of nitrogens with zero attached hydrogens (tertiary/aromatic N) is 2. The molecule has 6 nitrogen and oxygen atoms in total. The Morgan fingerprint density at radius 2 is 1.74 bits per heavy atom. The van der Waals surface area contributed by atoms with Crippen LogP contribution in [0.4, 0.5) is 4.39 Å². The second-order valence-corrected chi connectivity index (χ2v) is 9.90. The number of para-hydroxylation sites is 1. The van der Waals surface area contributed by atoms with E-state index in [-0.39, 0.29) is 23.3 Å². The maximum absolute atomic E-state index is 13.4. The van der Waals surface area contributed by atoms with Gasteiger partial charge in [-0.15, -0.1) is 0 Å². The molecule has 0 saturated carbocycles. The number of carbonyl (C=O) groups excluding carboxylic acids is 1. The molecule has 1 saturated heterocycles. The van der Waals surface area contributed by atoms with Crippen molar-refractivity contribution in [3.63, 3.8) is 0 Å². The number of fused-ring (bicyclic) bond motifs is 1. The zero-order chi connectivity index (χ0) is 22.2. The normalized spacial score (nSPS) is 17.5. The van der Waals surface area contributed by atoms with Gasteiger partial charge in [0, 0.05) is 48.3 Å². The molecule has 1 aliphatic heterocycles. The van der Waals surface area contributed by atoms with Crippen LogP contribution in [-0.4, -0.2) is 60.6 Å². The smallest absolute Gasteiger partial charge is 0.243 e. The van der Waals surface area contributed by atoms with Gasteiger partial charge in [-0.25, -0.2) is 12.8 Å². The number of rotatable bonds is 5. The van der Waals surface area contributed by atoms with E-state index in [1.165, 1.54) is 16.4 Å². The first-order chi connectivity index (χ1) is 14.8. The number of carbonyl (C=O) groups is 1. The van der Waals surface area contributed by atoms with Crippen LogP contribution in [0, 0.1) is 12.7 Å². The zero-order valence-corrected chi connectivity index (χ0v) is 18.5. The van der Waals surface area contributed by atoms with Crippen molar-refractivity contribution in [3.8, 4) is 0 Å². The molecule has 0 aliphatic carbocycles. The van der Waals surface area contributed by atoms with E-state index < -0.39 is 15.8 Å². The number of aromatic nitrogens is 1. The van der Waals surface area contributed by atoms with Gasteiger partial charge in [0.25, 0.3) is 0 Å². The molecule has 3 aromatic rings. The number of Topliss-reactive ketones (excluding diaryl/α,β-unsaturated/α-hetero) is 1. The Kier molecular flexibility index (Phi) is 5.96. The van der Waals surface area contributed by atoms with Gasteiger partial charge in [-0.2, -0.15) is 4.31 Å². The third-order valence-electron chi connectivity index (χ3n) is 6.01.